The zero-order chi connectivity index (χ0) is 18.4. The lowest BCUT2D eigenvalue weighted by molar-refractivity contribution is 0.453. The highest BCUT2D eigenvalue weighted by molar-refractivity contribution is 5.65. The number of hydrogen-bond acceptors (Lipinski definition) is 4. The monoisotopic (exact) mass is 359 g/mol. The zero-order valence-electron chi connectivity index (χ0n) is 15.2. The van der Waals surface area contributed by atoms with Crippen molar-refractivity contribution in [3.8, 4) is 11.1 Å². The van der Waals surface area contributed by atoms with Gasteiger partial charge in [0.05, 0.1) is 11.4 Å². The molecule has 6 nitrogen and oxygen atoms in total. The molecule has 4 aromatic heterocycles. The van der Waals surface area contributed by atoms with Gasteiger partial charge in [-0.05, 0) is 62.7 Å². The van der Waals surface area contributed by atoms with Gasteiger partial charge in [-0.2, -0.15) is 0 Å². The Morgan fingerprint density at radius 3 is 2.52 bits per heavy atom. The first kappa shape index (κ1) is 16.2. The number of aromatic nitrogens is 4. The van der Waals surface area contributed by atoms with Gasteiger partial charge in [0.25, 0.3) is 5.56 Å². The molecule has 1 aliphatic heterocycles. The molecule has 5 rings (SSSR count). The SMILES string of the molecule is Cc1cn2cc(-c3ccc4nc(C5CCNCC5)cc(=O)n4c3)ccc2n1. The Balaban J connectivity index is 1.58. The first-order valence-electron chi connectivity index (χ1n) is 9.37. The molecule has 1 fully saturated rings. The van der Waals surface area contributed by atoms with Crippen molar-refractivity contribution < 1.29 is 0 Å². The summed E-state index contributed by atoms with van der Waals surface area (Å²) in [4.78, 5) is 22.0. The van der Waals surface area contributed by atoms with Crippen LogP contribution in [0.25, 0.3) is 22.4 Å². The van der Waals surface area contributed by atoms with Crippen molar-refractivity contribution in [1.82, 2.24) is 24.1 Å². The van der Waals surface area contributed by atoms with E-state index >= 15 is 0 Å². The third-order valence-corrected chi connectivity index (χ3v) is 5.34. The van der Waals surface area contributed by atoms with Gasteiger partial charge in [-0.3, -0.25) is 9.20 Å². The number of pyridine rings is 2. The van der Waals surface area contributed by atoms with E-state index in [2.05, 4.69) is 10.3 Å². The summed E-state index contributed by atoms with van der Waals surface area (Å²) in [7, 11) is 0. The second-order valence-corrected chi connectivity index (χ2v) is 7.26. The van der Waals surface area contributed by atoms with Gasteiger partial charge in [0.1, 0.15) is 11.3 Å². The molecule has 0 spiro atoms. The smallest absolute Gasteiger partial charge is 0.258 e. The van der Waals surface area contributed by atoms with Gasteiger partial charge in [-0.1, -0.05) is 0 Å². The molecule has 0 radical (unpaired) electrons. The van der Waals surface area contributed by atoms with Crippen LogP contribution in [0.4, 0.5) is 0 Å². The van der Waals surface area contributed by atoms with E-state index in [-0.39, 0.29) is 5.56 Å². The van der Waals surface area contributed by atoms with Gasteiger partial charge in [0, 0.05) is 36.1 Å². The Kier molecular flexibility index (Phi) is 3.79. The minimum Gasteiger partial charge on any atom is -0.317 e. The Hall–Kier alpha value is -2.99. The summed E-state index contributed by atoms with van der Waals surface area (Å²) in [5, 5.41) is 3.36. The molecule has 1 aliphatic rings. The average molecular weight is 359 g/mol. The van der Waals surface area contributed by atoms with Crippen LogP contribution in [0, 0.1) is 6.92 Å². The topological polar surface area (TPSA) is 63.7 Å². The first-order valence-corrected chi connectivity index (χ1v) is 9.37. The van der Waals surface area contributed by atoms with Crippen molar-refractivity contribution in [1.29, 1.82) is 0 Å². The lowest BCUT2D eigenvalue weighted by Crippen LogP contribution is -2.28. The van der Waals surface area contributed by atoms with Gasteiger partial charge >= 0.3 is 0 Å². The fourth-order valence-corrected chi connectivity index (χ4v) is 3.91. The summed E-state index contributed by atoms with van der Waals surface area (Å²) in [6, 6.07) is 9.69. The summed E-state index contributed by atoms with van der Waals surface area (Å²) in [5.74, 6) is 0.371. The van der Waals surface area contributed by atoms with Gasteiger partial charge in [0.2, 0.25) is 0 Å². The highest BCUT2D eigenvalue weighted by Gasteiger charge is 2.18. The Morgan fingerprint density at radius 1 is 0.963 bits per heavy atom. The van der Waals surface area contributed by atoms with E-state index < -0.39 is 0 Å². The van der Waals surface area contributed by atoms with E-state index in [1.165, 1.54) is 0 Å². The second kappa shape index (κ2) is 6.32. The number of fused-ring (bicyclic) bond motifs is 2. The van der Waals surface area contributed by atoms with Crippen molar-refractivity contribution in [3.05, 3.63) is 70.7 Å². The zero-order valence-corrected chi connectivity index (χ0v) is 15.2. The number of rotatable bonds is 2. The molecule has 0 atom stereocenters. The van der Waals surface area contributed by atoms with E-state index in [0.717, 1.165) is 54.1 Å². The molecule has 136 valence electrons. The molecule has 4 aromatic rings. The van der Waals surface area contributed by atoms with Crippen molar-refractivity contribution in [2.24, 2.45) is 0 Å². The van der Waals surface area contributed by atoms with Crippen LogP contribution in [0.3, 0.4) is 0 Å². The van der Waals surface area contributed by atoms with Crippen molar-refractivity contribution in [2.45, 2.75) is 25.7 Å². The molecule has 1 saturated heterocycles. The minimum absolute atomic E-state index is 0.0186. The summed E-state index contributed by atoms with van der Waals surface area (Å²) in [5.41, 5.74) is 5.53. The van der Waals surface area contributed by atoms with Crippen molar-refractivity contribution >= 4 is 11.3 Å². The molecule has 0 bridgehead atoms. The fourth-order valence-electron chi connectivity index (χ4n) is 3.91. The molecule has 6 heteroatoms. The van der Waals surface area contributed by atoms with Crippen LogP contribution in [-0.2, 0) is 0 Å². The van der Waals surface area contributed by atoms with Gasteiger partial charge in [-0.15, -0.1) is 0 Å². The van der Waals surface area contributed by atoms with E-state index in [9.17, 15) is 4.79 Å². The molecule has 0 aliphatic carbocycles. The Bertz CT molecular complexity index is 1200. The number of nitrogens with zero attached hydrogens (tertiary/aromatic N) is 4. The highest BCUT2D eigenvalue weighted by atomic mass is 16.1. The molecule has 0 aromatic carbocycles. The summed E-state index contributed by atoms with van der Waals surface area (Å²) >= 11 is 0. The maximum absolute atomic E-state index is 12.7. The Morgan fingerprint density at radius 2 is 1.70 bits per heavy atom. The van der Waals surface area contributed by atoms with Crippen molar-refractivity contribution in [2.75, 3.05) is 13.1 Å². The summed E-state index contributed by atoms with van der Waals surface area (Å²) in [6.45, 7) is 3.95. The maximum atomic E-state index is 12.7. The van der Waals surface area contributed by atoms with E-state index in [4.69, 9.17) is 4.98 Å². The number of hydrogen-bond donors (Lipinski definition) is 1. The van der Waals surface area contributed by atoms with Crippen LogP contribution >= 0.6 is 0 Å². The van der Waals surface area contributed by atoms with E-state index in [1.54, 1.807) is 10.5 Å². The second-order valence-electron chi connectivity index (χ2n) is 7.26. The van der Waals surface area contributed by atoms with Gasteiger partial charge in [0.15, 0.2) is 0 Å². The fraction of sp³-hybridized carbons (Fsp3) is 0.286. The van der Waals surface area contributed by atoms with E-state index in [0.29, 0.717) is 11.6 Å². The molecule has 0 amide bonds. The summed E-state index contributed by atoms with van der Waals surface area (Å²) in [6.07, 6.45) is 7.98. The lowest BCUT2D eigenvalue weighted by Gasteiger charge is -2.22. The van der Waals surface area contributed by atoms with Gasteiger partial charge in [-0.25, -0.2) is 9.97 Å². The van der Waals surface area contributed by atoms with Crippen LogP contribution in [0.5, 0.6) is 0 Å². The van der Waals surface area contributed by atoms with Crippen LogP contribution in [-0.4, -0.2) is 31.9 Å². The minimum atomic E-state index is -0.0186. The largest absolute Gasteiger partial charge is 0.317 e. The molecule has 27 heavy (non-hydrogen) atoms. The van der Waals surface area contributed by atoms with Crippen LogP contribution in [0.15, 0.2) is 53.7 Å². The number of imidazole rings is 1. The third-order valence-electron chi connectivity index (χ3n) is 5.34. The Labute approximate surface area is 156 Å². The normalized spacial score (nSPS) is 15.6. The standard InChI is InChI=1S/C21H21N5O/c1-14-11-25-12-16(2-4-19(25)23-14)17-3-5-20-24-18(10-21(27)26(20)13-17)15-6-8-22-9-7-15/h2-5,10-13,15,22H,6-9H2,1H3. The maximum Gasteiger partial charge on any atom is 0.258 e. The van der Waals surface area contributed by atoms with E-state index in [1.807, 2.05) is 54.2 Å². The molecule has 0 unspecified atom stereocenters. The van der Waals surface area contributed by atoms with Crippen LogP contribution < -0.4 is 10.9 Å². The third kappa shape index (κ3) is 2.92. The van der Waals surface area contributed by atoms with Crippen LogP contribution in [0.2, 0.25) is 0 Å². The molecular weight excluding hydrogens is 338 g/mol. The quantitative estimate of drug-likeness (QED) is 0.598. The average Bonchev–Trinajstić information content (AvgIpc) is 3.07. The van der Waals surface area contributed by atoms with Crippen LogP contribution in [0.1, 0.15) is 30.1 Å². The predicted octanol–water partition coefficient (Wildman–Crippen LogP) is 2.78. The first-order chi connectivity index (χ1) is 13.2. The molecule has 0 saturated carbocycles. The summed E-state index contributed by atoms with van der Waals surface area (Å²) < 4.78 is 3.65. The molecular formula is C21H21N5O. The lowest BCUT2D eigenvalue weighted by atomic mass is 9.94. The highest BCUT2D eigenvalue weighted by Crippen LogP contribution is 2.24. The van der Waals surface area contributed by atoms with Gasteiger partial charge < -0.3 is 9.72 Å². The predicted molar refractivity (Wildman–Crippen MR) is 105 cm³/mol. The van der Waals surface area contributed by atoms with Crippen molar-refractivity contribution in [3.63, 3.8) is 0 Å². The number of nitrogens with one attached hydrogen (secondary N) is 1. The molecule has 5 heterocycles. The number of aryl methyl sites for hydroxylation is 1. The molecule has 1 N–H and O–H groups in total. The number of piperidine rings is 1.